The summed E-state index contributed by atoms with van der Waals surface area (Å²) in [5, 5.41) is 10.0. The fourth-order valence-electron chi connectivity index (χ4n) is 2.29. The van der Waals surface area contributed by atoms with Crippen LogP contribution in [0.2, 0.25) is 0 Å². The van der Waals surface area contributed by atoms with Crippen molar-refractivity contribution in [3.8, 4) is 0 Å². The van der Waals surface area contributed by atoms with Crippen LogP contribution in [-0.2, 0) is 6.42 Å². The van der Waals surface area contributed by atoms with Gasteiger partial charge in [-0.15, -0.1) is 11.3 Å². The van der Waals surface area contributed by atoms with Gasteiger partial charge in [-0.2, -0.15) is 5.10 Å². The summed E-state index contributed by atoms with van der Waals surface area (Å²) in [6.45, 7) is 6.54. The van der Waals surface area contributed by atoms with Gasteiger partial charge in [0, 0.05) is 17.1 Å². The molecule has 0 aliphatic carbocycles. The molecule has 2 aromatic rings. The molecule has 18 heavy (non-hydrogen) atoms. The minimum atomic E-state index is 0.241. The molecule has 2 aromatic heterocycles. The van der Waals surface area contributed by atoms with E-state index in [1.165, 1.54) is 16.1 Å². The number of thiophene rings is 1. The first-order valence-electron chi connectivity index (χ1n) is 6.46. The number of aromatic nitrogens is 2. The van der Waals surface area contributed by atoms with E-state index in [0.717, 1.165) is 6.42 Å². The predicted octanol–water partition coefficient (Wildman–Crippen LogP) is 3.40. The van der Waals surface area contributed by atoms with E-state index in [9.17, 15) is 0 Å². The lowest BCUT2D eigenvalue weighted by Gasteiger charge is -2.20. The van der Waals surface area contributed by atoms with Gasteiger partial charge in [0.25, 0.3) is 0 Å². The highest BCUT2D eigenvalue weighted by Crippen LogP contribution is 2.30. The van der Waals surface area contributed by atoms with Crippen LogP contribution in [0.5, 0.6) is 0 Å². The summed E-state index contributed by atoms with van der Waals surface area (Å²) in [5.74, 6) is 0. The summed E-state index contributed by atoms with van der Waals surface area (Å²) in [6.07, 6.45) is 2.96. The number of hydrogen-bond donors (Lipinski definition) is 1. The van der Waals surface area contributed by atoms with Gasteiger partial charge in [-0.3, -0.25) is 4.68 Å². The molecule has 1 N–H and O–H groups in total. The van der Waals surface area contributed by atoms with Gasteiger partial charge in [-0.1, -0.05) is 6.92 Å². The van der Waals surface area contributed by atoms with E-state index in [0.29, 0.717) is 6.04 Å². The molecule has 2 heterocycles. The molecule has 2 rings (SSSR count). The minimum absolute atomic E-state index is 0.241. The molecule has 0 aliphatic heterocycles. The smallest absolute Gasteiger partial charge is 0.0842 e. The topological polar surface area (TPSA) is 29.9 Å². The maximum atomic E-state index is 4.43. The maximum absolute atomic E-state index is 4.43. The molecule has 1 unspecified atom stereocenters. The van der Waals surface area contributed by atoms with Gasteiger partial charge in [0.2, 0.25) is 0 Å². The normalized spacial score (nSPS) is 13.2. The molecule has 1 atom stereocenters. The summed E-state index contributed by atoms with van der Waals surface area (Å²) in [5.41, 5.74) is 2.67. The predicted molar refractivity (Wildman–Crippen MR) is 77.2 cm³/mol. The van der Waals surface area contributed by atoms with Gasteiger partial charge in [-0.05, 0) is 50.4 Å². The zero-order valence-corrected chi connectivity index (χ0v) is 12.3. The Hall–Kier alpha value is -1.13. The average molecular weight is 263 g/mol. The molecule has 4 heteroatoms. The third-order valence-corrected chi connectivity index (χ3v) is 4.22. The Kier molecular flexibility index (Phi) is 4.19. The monoisotopic (exact) mass is 263 g/mol. The average Bonchev–Trinajstić information content (AvgIpc) is 2.98. The van der Waals surface area contributed by atoms with Crippen molar-refractivity contribution in [3.05, 3.63) is 39.8 Å². The Balaban J connectivity index is 2.42. The fourth-order valence-corrected chi connectivity index (χ4v) is 3.41. The van der Waals surface area contributed by atoms with E-state index < -0.39 is 0 Å². The van der Waals surface area contributed by atoms with E-state index in [1.54, 1.807) is 0 Å². The molecule has 98 valence electrons. The van der Waals surface area contributed by atoms with Gasteiger partial charge < -0.3 is 5.32 Å². The number of rotatable bonds is 5. The van der Waals surface area contributed by atoms with Crippen molar-refractivity contribution in [3.63, 3.8) is 0 Å². The molecule has 0 saturated carbocycles. The Morgan fingerprint density at radius 2 is 2.17 bits per heavy atom. The van der Waals surface area contributed by atoms with E-state index in [4.69, 9.17) is 0 Å². The van der Waals surface area contributed by atoms with Crippen molar-refractivity contribution < 1.29 is 0 Å². The lowest BCUT2D eigenvalue weighted by Crippen LogP contribution is -2.22. The highest BCUT2D eigenvalue weighted by Gasteiger charge is 2.21. The van der Waals surface area contributed by atoms with Crippen LogP contribution < -0.4 is 5.32 Å². The Labute approximate surface area is 113 Å². The van der Waals surface area contributed by atoms with Crippen LogP contribution >= 0.6 is 11.3 Å². The van der Waals surface area contributed by atoms with Crippen molar-refractivity contribution in [1.82, 2.24) is 15.1 Å². The van der Waals surface area contributed by atoms with Crippen LogP contribution in [-0.4, -0.2) is 16.8 Å². The lowest BCUT2D eigenvalue weighted by atomic mass is 10.1. The van der Waals surface area contributed by atoms with Gasteiger partial charge in [-0.25, -0.2) is 0 Å². The minimum Gasteiger partial charge on any atom is -0.307 e. The molecular weight excluding hydrogens is 242 g/mol. The molecule has 0 aromatic carbocycles. The first-order valence-corrected chi connectivity index (χ1v) is 7.33. The van der Waals surface area contributed by atoms with Gasteiger partial charge in [0.15, 0.2) is 0 Å². The van der Waals surface area contributed by atoms with Crippen molar-refractivity contribution in [2.24, 2.45) is 0 Å². The number of aryl methyl sites for hydroxylation is 1. The SMILES string of the molecule is CCc1ccsc1C(NC)c1ccnn1C(C)C. The molecule has 0 radical (unpaired) electrons. The number of nitrogens with zero attached hydrogens (tertiary/aromatic N) is 2. The van der Waals surface area contributed by atoms with Crippen molar-refractivity contribution >= 4 is 11.3 Å². The van der Waals surface area contributed by atoms with Crippen LogP contribution in [0.1, 0.15) is 49.0 Å². The summed E-state index contributed by atoms with van der Waals surface area (Å²) in [6, 6.07) is 4.96. The van der Waals surface area contributed by atoms with Gasteiger partial charge in [0.1, 0.15) is 0 Å². The molecule has 0 saturated heterocycles. The van der Waals surface area contributed by atoms with Gasteiger partial charge >= 0.3 is 0 Å². The summed E-state index contributed by atoms with van der Waals surface area (Å²) >= 11 is 1.82. The second-order valence-electron chi connectivity index (χ2n) is 4.68. The largest absolute Gasteiger partial charge is 0.307 e. The standard InChI is InChI=1S/C14H21N3S/c1-5-11-7-9-18-14(11)13(15-4)12-6-8-16-17(12)10(2)3/h6-10,13,15H,5H2,1-4H3. The van der Waals surface area contributed by atoms with Gasteiger partial charge in [0.05, 0.1) is 11.7 Å². The van der Waals surface area contributed by atoms with Crippen molar-refractivity contribution in [2.75, 3.05) is 7.05 Å². The first-order chi connectivity index (χ1) is 8.69. The van der Waals surface area contributed by atoms with Crippen LogP contribution in [0.25, 0.3) is 0 Å². The number of hydrogen-bond acceptors (Lipinski definition) is 3. The van der Waals surface area contributed by atoms with E-state index in [1.807, 2.05) is 24.6 Å². The highest BCUT2D eigenvalue weighted by molar-refractivity contribution is 7.10. The molecule has 0 aliphatic rings. The summed E-state index contributed by atoms with van der Waals surface area (Å²) < 4.78 is 2.10. The number of nitrogens with one attached hydrogen (secondary N) is 1. The Bertz CT molecular complexity index is 499. The van der Waals surface area contributed by atoms with Crippen molar-refractivity contribution in [2.45, 2.75) is 39.3 Å². The quantitative estimate of drug-likeness (QED) is 0.896. The van der Waals surface area contributed by atoms with Crippen LogP contribution in [0.15, 0.2) is 23.7 Å². The molecule has 3 nitrogen and oxygen atoms in total. The first kappa shape index (κ1) is 13.3. The highest BCUT2D eigenvalue weighted by atomic mass is 32.1. The summed E-state index contributed by atoms with van der Waals surface area (Å²) in [7, 11) is 2.02. The summed E-state index contributed by atoms with van der Waals surface area (Å²) in [4.78, 5) is 1.41. The molecule has 0 spiro atoms. The molecule has 0 fully saturated rings. The lowest BCUT2D eigenvalue weighted by molar-refractivity contribution is 0.485. The zero-order valence-electron chi connectivity index (χ0n) is 11.5. The molecular formula is C14H21N3S. The third-order valence-electron chi connectivity index (χ3n) is 3.20. The second-order valence-corrected chi connectivity index (χ2v) is 5.63. The van der Waals surface area contributed by atoms with E-state index in [2.05, 4.69) is 53.4 Å². The second kappa shape index (κ2) is 5.67. The van der Waals surface area contributed by atoms with Crippen molar-refractivity contribution in [1.29, 1.82) is 0 Å². The zero-order chi connectivity index (χ0) is 13.1. The van der Waals surface area contributed by atoms with Crippen LogP contribution in [0.3, 0.4) is 0 Å². The van der Waals surface area contributed by atoms with Crippen LogP contribution in [0.4, 0.5) is 0 Å². The molecule has 0 bridgehead atoms. The van der Waals surface area contributed by atoms with E-state index in [-0.39, 0.29) is 6.04 Å². The fraction of sp³-hybridized carbons (Fsp3) is 0.500. The Morgan fingerprint density at radius 1 is 1.39 bits per heavy atom. The van der Waals surface area contributed by atoms with Crippen LogP contribution in [0, 0.1) is 0 Å². The van der Waals surface area contributed by atoms with E-state index >= 15 is 0 Å². The Morgan fingerprint density at radius 3 is 2.78 bits per heavy atom. The maximum Gasteiger partial charge on any atom is 0.0842 e. The molecule has 0 amide bonds. The third kappa shape index (κ3) is 2.35.